The standard InChI is InChI=1S/C10H16O/c1-10(2)8-5-3-4-7(6-8)9(10)11/h7-8H,3-6H2,1-2H3. The van der Waals surface area contributed by atoms with Crippen molar-refractivity contribution in [1.29, 1.82) is 0 Å². The molecule has 2 unspecified atom stereocenters. The number of carbonyl (C=O) groups excluding carboxylic acids is 1. The van der Waals surface area contributed by atoms with Crippen LogP contribution >= 0.6 is 0 Å². The summed E-state index contributed by atoms with van der Waals surface area (Å²) in [5.74, 6) is 1.68. The van der Waals surface area contributed by atoms with Crippen LogP contribution in [0.2, 0.25) is 0 Å². The van der Waals surface area contributed by atoms with Gasteiger partial charge in [-0.3, -0.25) is 4.79 Å². The smallest absolute Gasteiger partial charge is 0.141 e. The molecule has 0 radical (unpaired) electrons. The minimum atomic E-state index is 0.0150. The second-order valence-electron chi connectivity index (χ2n) is 4.65. The molecule has 2 rings (SSSR count). The molecule has 2 bridgehead atoms. The van der Waals surface area contributed by atoms with Crippen LogP contribution in [0.5, 0.6) is 0 Å². The van der Waals surface area contributed by atoms with E-state index in [-0.39, 0.29) is 5.41 Å². The lowest BCUT2D eigenvalue weighted by molar-refractivity contribution is -0.127. The summed E-state index contributed by atoms with van der Waals surface area (Å²) in [6, 6.07) is 0. The topological polar surface area (TPSA) is 17.1 Å². The second-order valence-corrected chi connectivity index (χ2v) is 4.65. The summed E-state index contributed by atoms with van der Waals surface area (Å²) in [6.45, 7) is 4.26. The molecule has 2 saturated carbocycles. The third-order valence-corrected chi connectivity index (χ3v) is 3.70. The van der Waals surface area contributed by atoms with Crippen LogP contribution in [0.15, 0.2) is 0 Å². The van der Waals surface area contributed by atoms with Crippen molar-refractivity contribution < 1.29 is 4.79 Å². The quantitative estimate of drug-likeness (QED) is 0.521. The van der Waals surface area contributed by atoms with Gasteiger partial charge in [-0.1, -0.05) is 20.3 Å². The van der Waals surface area contributed by atoms with Crippen molar-refractivity contribution in [3.63, 3.8) is 0 Å². The molecule has 1 heteroatoms. The zero-order valence-electron chi connectivity index (χ0n) is 7.39. The average Bonchev–Trinajstić information content (AvgIpc) is 2.15. The van der Waals surface area contributed by atoms with Gasteiger partial charge in [0.1, 0.15) is 5.78 Å². The first-order valence-electron chi connectivity index (χ1n) is 4.66. The van der Waals surface area contributed by atoms with E-state index in [0.717, 1.165) is 0 Å². The van der Waals surface area contributed by atoms with Crippen LogP contribution < -0.4 is 0 Å². The number of hydrogen-bond acceptors (Lipinski definition) is 1. The van der Waals surface area contributed by atoms with E-state index in [9.17, 15) is 4.79 Å². The van der Waals surface area contributed by atoms with Gasteiger partial charge < -0.3 is 0 Å². The summed E-state index contributed by atoms with van der Waals surface area (Å²) >= 11 is 0. The fourth-order valence-electron chi connectivity index (χ4n) is 2.81. The fraction of sp³-hybridized carbons (Fsp3) is 0.900. The Hall–Kier alpha value is -0.330. The maximum absolute atomic E-state index is 11.7. The Morgan fingerprint density at radius 1 is 1.36 bits per heavy atom. The normalized spacial score (nSPS) is 41.1. The van der Waals surface area contributed by atoms with Crippen molar-refractivity contribution in [2.75, 3.05) is 0 Å². The molecular weight excluding hydrogens is 136 g/mol. The maximum Gasteiger partial charge on any atom is 0.141 e. The lowest BCUT2D eigenvalue weighted by Gasteiger charge is -2.24. The summed E-state index contributed by atoms with van der Waals surface area (Å²) in [7, 11) is 0. The van der Waals surface area contributed by atoms with Crippen molar-refractivity contribution in [3.8, 4) is 0 Å². The van der Waals surface area contributed by atoms with Crippen molar-refractivity contribution >= 4 is 5.78 Å². The van der Waals surface area contributed by atoms with Gasteiger partial charge in [-0.25, -0.2) is 0 Å². The van der Waals surface area contributed by atoms with E-state index in [1.165, 1.54) is 25.7 Å². The van der Waals surface area contributed by atoms with Gasteiger partial charge in [0, 0.05) is 11.3 Å². The lowest BCUT2D eigenvalue weighted by Crippen LogP contribution is -2.24. The van der Waals surface area contributed by atoms with Crippen LogP contribution in [0.1, 0.15) is 39.5 Å². The molecule has 2 fully saturated rings. The molecule has 0 aliphatic heterocycles. The predicted molar refractivity (Wildman–Crippen MR) is 44.2 cm³/mol. The van der Waals surface area contributed by atoms with Gasteiger partial charge in [-0.2, -0.15) is 0 Å². The van der Waals surface area contributed by atoms with Crippen molar-refractivity contribution in [2.45, 2.75) is 39.5 Å². The molecule has 0 saturated heterocycles. The van der Waals surface area contributed by atoms with E-state index in [2.05, 4.69) is 13.8 Å². The Labute approximate surface area is 68.2 Å². The highest BCUT2D eigenvalue weighted by Gasteiger charge is 2.49. The van der Waals surface area contributed by atoms with Crippen LogP contribution in [-0.4, -0.2) is 5.78 Å². The fourth-order valence-corrected chi connectivity index (χ4v) is 2.81. The Morgan fingerprint density at radius 2 is 2.09 bits per heavy atom. The zero-order valence-corrected chi connectivity index (χ0v) is 7.39. The van der Waals surface area contributed by atoms with E-state index in [0.29, 0.717) is 17.6 Å². The molecule has 1 nitrogen and oxygen atoms in total. The first-order chi connectivity index (χ1) is 5.12. The minimum absolute atomic E-state index is 0.0150. The molecule has 0 amide bonds. The van der Waals surface area contributed by atoms with Crippen LogP contribution in [-0.2, 0) is 4.79 Å². The molecule has 2 atom stereocenters. The van der Waals surface area contributed by atoms with Crippen molar-refractivity contribution in [2.24, 2.45) is 17.3 Å². The maximum atomic E-state index is 11.7. The largest absolute Gasteiger partial charge is 0.299 e. The molecular formula is C10H16O. The average molecular weight is 152 g/mol. The van der Waals surface area contributed by atoms with E-state index >= 15 is 0 Å². The van der Waals surface area contributed by atoms with E-state index < -0.39 is 0 Å². The van der Waals surface area contributed by atoms with Gasteiger partial charge in [0.15, 0.2) is 0 Å². The zero-order chi connectivity index (χ0) is 8.06. The van der Waals surface area contributed by atoms with Crippen molar-refractivity contribution in [3.05, 3.63) is 0 Å². The van der Waals surface area contributed by atoms with Crippen LogP contribution in [0.25, 0.3) is 0 Å². The van der Waals surface area contributed by atoms with E-state index in [1.807, 2.05) is 0 Å². The molecule has 11 heavy (non-hydrogen) atoms. The first kappa shape index (κ1) is 7.33. The second kappa shape index (κ2) is 2.09. The highest BCUT2D eigenvalue weighted by molar-refractivity contribution is 5.89. The molecule has 0 aromatic carbocycles. The van der Waals surface area contributed by atoms with E-state index in [1.54, 1.807) is 0 Å². The predicted octanol–water partition coefficient (Wildman–Crippen LogP) is 2.40. The number of hydrogen-bond donors (Lipinski definition) is 0. The molecule has 0 heterocycles. The molecule has 0 aromatic heterocycles. The van der Waals surface area contributed by atoms with Gasteiger partial charge in [0.05, 0.1) is 0 Å². The summed E-state index contributed by atoms with van der Waals surface area (Å²) in [5.41, 5.74) is 0.0150. The number of ketones is 1. The Balaban J connectivity index is 2.31. The highest BCUT2D eigenvalue weighted by atomic mass is 16.1. The molecule has 0 N–H and O–H groups in total. The third kappa shape index (κ3) is 0.863. The highest BCUT2D eigenvalue weighted by Crippen LogP contribution is 2.50. The van der Waals surface area contributed by atoms with E-state index in [4.69, 9.17) is 0 Å². The molecule has 2 aliphatic rings. The Bertz CT molecular complexity index is 193. The Kier molecular flexibility index (Phi) is 1.39. The number of Topliss-reactive ketones (excluding diaryl/α,β-unsaturated/α-hetero) is 1. The van der Waals surface area contributed by atoms with Crippen LogP contribution in [0.3, 0.4) is 0 Å². The van der Waals surface area contributed by atoms with Crippen LogP contribution in [0.4, 0.5) is 0 Å². The lowest BCUT2D eigenvalue weighted by atomic mass is 9.79. The van der Waals surface area contributed by atoms with Gasteiger partial charge in [0.25, 0.3) is 0 Å². The van der Waals surface area contributed by atoms with Crippen molar-refractivity contribution in [1.82, 2.24) is 0 Å². The number of fused-ring (bicyclic) bond motifs is 2. The van der Waals surface area contributed by atoms with Crippen LogP contribution in [0, 0.1) is 17.3 Å². The molecule has 2 aliphatic carbocycles. The summed E-state index contributed by atoms with van der Waals surface area (Å²) in [6.07, 6.45) is 4.92. The number of carbonyl (C=O) groups is 1. The minimum Gasteiger partial charge on any atom is -0.299 e. The van der Waals surface area contributed by atoms with Gasteiger partial charge in [0.2, 0.25) is 0 Å². The summed E-state index contributed by atoms with van der Waals surface area (Å²) in [4.78, 5) is 11.7. The van der Waals surface area contributed by atoms with Gasteiger partial charge >= 0.3 is 0 Å². The summed E-state index contributed by atoms with van der Waals surface area (Å²) in [5, 5.41) is 0. The monoisotopic (exact) mass is 152 g/mol. The van der Waals surface area contributed by atoms with Gasteiger partial charge in [-0.15, -0.1) is 0 Å². The Morgan fingerprint density at radius 3 is 2.64 bits per heavy atom. The van der Waals surface area contributed by atoms with Gasteiger partial charge in [-0.05, 0) is 25.2 Å². The molecule has 62 valence electrons. The number of rotatable bonds is 0. The SMILES string of the molecule is CC1(C)C(=O)C2CCCC1C2. The molecule has 0 aromatic rings. The molecule has 0 spiro atoms. The summed E-state index contributed by atoms with van der Waals surface area (Å²) < 4.78 is 0. The first-order valence-corrected chi connectivity index (χ1v) is 4.66. The third-order valence-electron chi connectivity index (χ3n) is 3.70.